The lowest BCUT2D eigenvalue weighted by atomic mass is 10.2. The normalized spacial score (nSPS) is 12.6. The van der Waals surface area contributed by atoms with E-state index < -0.39 is 6.10 Å². The molecule has 1 aromatic rings. The first-order valence-electron chi connectivity index (χ1n) is 5.58. The van der Waals surface area contributed by atoms with Crippen LogP contribution in [-0.2, 0) is 16.1 Å². The second-order valence-electron chi connectivity index (χ2n) is 3.70. The van der Waals surface area contributed by atoms with Gasteiger partial charge in [0.05, 0.1) is 13.7 Å². The quantitative estimate of drug-likeness (QED) is 0.710. The van der Waals surface area contributed by atoms with Crippen molar-refractivity contribution in [1.29, 1.82) is 0 Å². The van der Waals surface area contributed by atoms with Crippen molar-refractivity contribution >= 4 is 5.78 Å². The van der Waals surface area contributed by atoms with Gasteiger partial charge in [-0.05, 0) is 37.6 Å². The fourth-order valence-electron chi connectivity index (χ4n) is 1.32. The Bertz CT molecular complexity index is 379. The Morgan fingerprint density at radius 2 is 2.00 bits per heavy atom. The summed E-state index contributed by atoms with van der Waals surface area (Å²) in [5, 5.41) is 0. The summed E-state index contributed by atoms with van der Waals surface area (Å²) >= 11 is 0. The van der Waals surface area contributed by atoms with Crippen molar-refractivity contribution in [2.24, 2.45) is 0 Å². The predicted octanol–water partition coefficient (Wildman–Crippen LogP) is 2.75. The predicted molar refractivity (Wildman–Crippen MR) is 67.1 cm³/mol. The van der Waals surface area contributed by atoms with Gasteiger partial charge in [-0.1, -0.05) is 18.2 Å². The third kappa shape index (κ3) is 4.41. The van der Waals surface area contributed by atoms with Crippen LogP contribution in [0.2, 0.25) is 0 Å². The summed E-state index contributed by atoms with van der Waals surface area (Å²) in [5.41, 5.74) is 1.02. The molecular formula is C14H18O3. The van der Waals surface area contributed by atoms with Gasteiger partial charge in [-0.25, -0.2) is 0 Å². The van der Waals surface area contributed by atoms with Crippen LogP contribution in [0.5, 0.6) is 5.75 Å². The first-order valence-corrected chi connectivity index (χ1v) is 5.58. The number of ketones is 1. The van der Waals surface area contributed by atoms with Gasteiger partial charge in [-0.15, -0.1) is 0 Å². The van der Waals surface area contributed by atoms with Crippen molar-refractivity contribution in [1.82, 2.24) is 0 Å². The molecule has 0 aliphatic rings. The smallest absolute Gasteiger partial charge is 0.183 e. The lowest BCUT2D eigenvalue weighted by molar-refractivity contribution is -0.125. The van der Waals surface area contributed by atoms with E-state index in [1.165, 1.54) is 6.08 Å². The fourth-order valence-corrected chi connectivity index (χ4v) is 1.32. The average molecular weight is 234 g/mol. The summed E-state index contributed by atoms with van der Waals surface area (Å²) < 4.78 is 10.5. The zero-order valence-electron chi connectivity index (χ0n) is 10.5. The summed E-state index contributed by atoms with van der Waals surface area (Å²) in [5.74, 6) is 0.799. The number of methoxy groups -OCH3 is 1. The van der Waals surface area contributed by atoms with Crippen LogP contribution < -0.4 is 4.74 Å². The Kier molecular flexibility index (Phi) is 5.43. The lowest BCUT2D eigenvalue weighted by Gasteiger charge is -2.10. The van der Waals surface area contributed by atoms with Crippen molar-refractivity contribution in [3.63, 3.8) is 0 Å². The molecule has 0 fully saturated rings. The monoisotopic (exact) mass is 234 g/mol. The second kappa shape index (κ2) is 6.86. The molecule has 0 saturated heterocycles. The molecule has 0 aliphatic carbocycles. The van der Waals surface area contributed by atoms with Crippen LogP contribution in [0.4, 0.5) is 0 Å². The van der Waals surface area contributed by atoms with E-state index in [2.05, 4.69) is 0 Å². The van der Waals surface area contributed by atoms with Crippen LogP contribution in [0, 0.1) is 0 Å². The van der Waals surface area contributed by atoms with Crippen LogP contribution in [0.1, 0.15) is 19.4 Å². The highest BCUT2D eigenvalue weighted by Gasteiger charge is 2.09. The van der Waals surface area contributed by atoms with Crippen LogP contribution in [-0.4, -0.2) is 19.0 Å². The van der Waals surface area contributed by atoms with E-state index in [0.717, 1.165) is 11.3 Å². The first-order chi connectivity index (χ1) is 8.17. The number of carbonyl (C=O) groups is 1. The third-order valence-corrected chi connectivity index (χ3v) is 2.39. The van der Waals surface area contributed by atoms with Gasteiger partial charge in [0.15, 0.2) is 5.78 Å². The average Bonchev–Trinajstić information content (AvgIpc) is 2.36. The van der Waals surface area contributed by atoms with E-state index >= 15 is 0 Å². The van der Waals surface area contributed by atoms with Crippen molar-refractivity contribution < 1.29 is 14.3 Å². The maximum Gasteiger partial charge on any atom is 0.183 e. The summed E-state index contributed by atoms with van der Waals surface area (Å²) in [6.07, 6.45) is 2.84. The number of allylic oxidation sites excluding steroid dienone is 1. The summed E-state index contributed by atoms with van der Waals surface area (Å²) in [7, 11) is 1.63. The molecule has 0 unspecified atom stereocenters. The number of hydrogen-bond acceptors (Lipinski definition) is 3. The van der Waals surface area contributed by atoms with E-state index in [1.54, 1.807) is 20.1 Å². The molecule has 0 heterocycles. The van der Waals surface area contributed by atoms with Gasteiger partial charge in [0.25, 0.3) is 0 Å². The van der Waals surface area contributed by atoms with E-state index in [4.69, 9.17) is 9.47 Å². The second-order valence-corrected chi connectivity index (χ2v) is 3.70. The zero-order chi connectivity index (χ0) is 12.7. The molecule has 0 aromatic heterocycles. The molecule has 1 rings (SSSR count). The molecule has 1 aromatic carbocycles. The van der Waals surface area contributed by atoms with Gasteiger partial charge in [-0.2, -0.15) is 0 Å². The van der Waals surface area contributed by atoms with E-state index in [0.29, 0.717) is 6.61 Å². The molecule has 92 valence electrons. The summed E-state index contributed by atoms with van der Waals surface area (Å²) in [6.45, 7) is 3.99. The van der Waals surface area contributed by atoms with Crippen LogP contribution in [0.15, 0.2) is 36.4 Å². The number of ether oxygens (including phenoxy) is 2. The van der Waals surface area contributed by atoms with Crippen molar-refractivity contribution in [3.05, 3.63) is 42.0 Å². The van der Waals surface area contributed by atoms with Gasteiger partial charge in [0.1, 0.15) is 11.9 Å². The van der Waals surface area contributed by atoms with Crippen LogP contribution >= 0.6 is 0 Å². The molecule has 3 heteroatoms. The fraction of sp³-hybridized carbons (Fsp3) is 0.357. The van der Waals surface area contributed by atoms with Gasteiger partial charge in [0, 0.05) is 0 Å². The minimum Gasteiger partial charge on any atom is -0.497 e. The van der Waals surface area contributed by atoms with Crippen LogP contribution in [0.3, 0.4) is 0 Å². The molecule has 0 aliphatic heterocycles. The minimum absolute atomic E-state index is 0.0130. The Hall–Kier alpha value is -1.61. The van der Waals surface area contributed by atoms with Crippen molar-refractivity contribution in [2.75, 3.05) is 7.11 Å². The van der Waals surface area contributed by atoms with Crippen LogP contribution in [0.25, 0.3) is 0 Å². The Labute approximate surface area is 102 Å². The first kappa shape index (κ1) is 13.5. The molecule has 3 nitrogen and oxygen atoms in total. The molecular weight excluding hydrogens is 216 g/mol. The lowest BCUT2D eigenvalue weighted by Crippen LogP contribution is -2.18. The Morgan fingerprint density at radius 1 is 1.35 bits per heavy atom. The highest BCUT2D eigenvalue weighted by Crippen LogP contribution is 2.12. The number of carbonyl (C=O) groups excluding carboxylic acids is 1. The van der Waals surface area contributed by atoms with E-state index in [9.17, 15) is 4.79 Å². The molecule has 0 radical (unpaired) electrons. The summed E-state index contributed by atoms with van der Waals surface area (Å²) in [6, 6.07) is 7.59. The molecule has 17 heavy (non-hydrogen) atoms. The van der Waals surface area contributed by atoms with Gasteiger partial charge >= 0.3 is 0 Å². The standard InChI is InChI=1S/C14H18O3/c1-4-5-14(15)11(2)17-10-12-6-8-13(16-3)9-7-12/h4-9,11H,10H2,1-3H3/t11-/m0/s1. The number of benzene rings is 1. The maximum atomic E-state index is 11.4. The van der Waals surface area contributed by atoms with E-state index in [-0.39, 0.29) is 5.78 Å². The highest BCUT2D eigenvalue weighted by molar-refractivity contribution is 5.93. The maximum absolute atomic E-state index is 11.4. The molecule has 0 bridgehead atoms. The zero-order valence-corrected chi connectivity index (χ0v) is 10.5. The molecule has 0 saturated carbocycles. The SMILES string of the molecule is CC=CC(=O)[C@H](C)OCc1ccc(OC)cc1. The van der Waals surface area contributed by atoms with Crippen molar-refractivity contribution in [2.45, 2.75) is 26.6 Å². The van der Waals surface area contributed by atoms with Gasteiger partial charge < -0.3 is 9.47 Å². The van der Waals surface area contributed by atoms with E-state index in [1.807, 2.05) is 31.2 Å². The van der Waals surface area contributed by atoms with Gasteiger partial charge in [-0.3, -0.25) is 4.79 Å². The number of rotatable bonds is 6. The Balaban J connectivity index is 2.46. The highest BCUT2D eigenvalue weighted by atomic mass is 16.5. The molecule has 0 amide bonds. The molecule has 0 N–H and O–H groups in total. The summed E-state index contributed by atoms with van der Waals surface area (Å²) in [4.78, 5) is 11.4. The topological polar surface area (TPSA) is 35.5 Å². The van der Waals surface area contributed by atoms with Crippen molar-refractivity contribution in [3.8, 4) is 5.75 Å². The molecule has 1 atom stereocenters. The third-order valence-electron chi connectivity index (χ3n) is 2.39. The largest absolute Gasteiger partial charge is 0.497 e. The minimum atomic E-state index is -0.409. The van der Waals surface area contributed by atoms with Gasteiger partial charge in [0.2, 0.25) is 0 Å². The Morgan fingerprint density at radius 3 is 2.53 bits per heavy atom. The number of hydrogen-bond donors (Lipinski definition) is 0. The molecule has 0 spiro atoms.